The molecule has 10 heteroatoms. The molecule has 1 aliphatic heterocycles. The number of alkyl halides is 1. The molecule has 0 N–H and O–H groups in total. The van der Waals surface area contributed by atoms with Crippen molar-refractivity contribution in [3.8, 4) is 0 Å². The number of rotatable bonds is 6. The van der Waals surface area contributed by atoms with Gasteiger partial charge in [0.1, 0.15) is 19.0 Å². The van der Waals surface area contributed by atoms with Crippen molar-refractivity contribution in [2.45, 2.75) is 25.6 Å². The minimum Gasteiger partial charge on any atom is -0.337 e. The van der Waals surface area contributed by atoms with E-state index in [2.05, 4.69) is 25.0 Å². The van der Waals surface area contributed by atoms with Crippen LogP contribution >= 0.6 is 0 Å². The van der Waals surface area contributed by atoms with Crippen LogP contribution in [0.5, 0.6) is 0 Å². The molecule has 33 heavy (non-hydrogen) atoms. The molecule has 1 aromatic carbocycles. The molecule has 3 aromatic heterocycles. The normalized spacial score (nSPS) is 23.2. The van der Waals surface area contributed by atoms with E-state index in [1.54, 1.807) is 17.9 Å². The van der Waals surface area contributed by atoms with Gasteiger partial charge in [0.05, 0.1) is 6.33 Å². The van der Waals surface area contributed by atoms with Crippen LogP contribution in [0, 0.1) is 18.8 Å². The lowest BCUT2D eigenvalue weighted by molar-refractivity contribution is 0.204. The SMILES string of the molecule is Cc1ccc([C@H](F)CN2C[C@@H]3C(c4noc(Cn5cnc6ncn(C)c6c5=O)n4)[C@@H]3C2)cc1. The van der Waals surface area contributed by atoms with Crippen molar-refractivity contribution in [2.75, 3.05) is 19.6 Å². The monoisotopic (exact) mass is 449 g/mol. The highest BCUT2D eigenvalue weighted by Gasteiger charge is 2.58. The smallest absolute Gasteiger partial charge is 0.280 e. The maximum atomic E-state index is 14.7. The van der Waals surface area contributed by atoms with E-state index in [0.717, 1.165) is 24.2 Å². The van der Waals surface area contributed by atoms with Gasteiger partial charge in [0, 0.05) is 32.6 Å². The van der Waals surface area contributed by atoms with Gasteiger partial charge in [0.2, 0.25) is 5.89 Å². The molecule has 2 aliphatic rings. The Labute approximate surface area is 188 Å². The number of halogens is 1. The van der Waals surface area contributed by atoms with Gasteiger partial charge in [-0.3, -0.25) is 14.3 Å². The summed E-state index contributed by atoms with van der Waals surface area (Å²) < 4.78 is 23.2. The Balaban J connectivity index is 1.08. The summed E-state index contributed by atoms with van der Waals surface area (Å²) in [6.45, 7) is 4.25. The van der Waals surface area contributed by atoms with Gasteiger partial charge in [-0.05, 0) is 24.3 Å². The van der Waals surface area contributed by atoms with Crippen LogP contribution in [0.2, 0.25) is 0 Å². The zero-order chi connectivity index (χ0) is 22.7. The van der Waals surface area contributed by atoms with E-state index >= 15 is 0 Å². The van der Waals surface area contributed by atoms with E-state index in [9.17, 15) is 9.18 Å². The van der Waals surface area contributed by atoms with Crippen molar-refractivity contribution in [3.05, 3.63) is 70.1 Å². The highest BCUT2D eigenvalue weighted by Crippen LogP contribution is 2.57. The van der Waals surface area contributed by atoms with E-state index in [1.165, 1.54) is 10.9 Å². The number of likely N-dealkylation sites (tertiary alicyclic amines) is 1. The molecule has 6 rings (SSSR count). The fraction of sp³-hybridized carbons (Fsp3) is 0.435. The number of imidazole rings is 1. The highest BCUT2D eigenvalue weighted by atomic mass is 19.1. The third kappa shape index (κ3) is 3.54. The van der Waals surface area contributed by atoms with Gasteiger partial charge in [-0.15, -0.1) is 0 Å². The summed E-state index contributed by atoms with van der Waals surface area (Å²) in [4.78, 5) is 27.8. The molecule has 1 saturated heterocycles. The Morgan fingerprint density at radius 3 is 2.64 bits per heavy atom. The minimum atomic E-state index is -0.984. The second-order valence-electron chi connectivity index (χ2n) is 9.20. The van der Waals surface area contributed by atoms with Gasteiger partial charge in [-0.2, -0.15) is 4.98 Å². The average Bonchev–Trinajstić information content (AvgIpc) is 3.19. The van der Waals surface area contributed by atoms with Crippen molar-refractivity contribution in [3.63, 3.8) is 0 Å². The molecule has 0 spiro atoms. The third-order valence-electron chi connectivity index (χ3n) is 6.92. The Morgan fingerprint density at radius 1 is 1.15 bits per heavy atom. The molecule has 170 valence electrons. The predicted octanol–water partition coefficient (Wildman–Crippen LogP) is 2.23. The van der Waals surface area contributed by atoms with Crippen LogP contribution in [-0.2, 0) is 13.6 Å². The number of benzene rings is 1. The minimum absolute atomic E-state index is 0.161. The zero-order valence-corrected chi connectivity index (χ0v) is 18.4. The highest BCUT2D eigenvalue weighted by molar-refractivity contribution is 5.68. The summed E-state index contributed by atoms with van der Waals surface area (Å²) >= 11 is 0. The van der Waals surface area contributed by atoms with Gasteiger partial charge in [-0.1, -0.05) is 35.0 Å². The molecule has 4 atom stereocenters. The maximum absolute atomic E-state index is 14.7. The number of nitrogens with zero attached hydrogens (tertiary/aromatic N) is 7. The standard InChI is InChI=1S/C23H24FN7O2/c1-13-3-5-14(6-4-13)17(24)9-30-7-15-16(8-30)19(15)21-27-18(33-28-21)10-31-12-26-22-20(23(31)32)29(2)11-25-22/h3-6,11-12,15-17,19H,7-10H2,1-2H3/t15-,16+,17-,19?/m1/s1. The van der Waals surface area contributed by atoms with Gasteiger partial charge < -0.3 is 9.09 Å². The Kier molecular flexibility index (Phi) is 4.65. The first-order chi connectivity index (χ1) is 16.0. The molecule has 1 saturated carbocycles. The number of hydrogen-bond acceptors (Lipinski definition) is 7. The van der Waals surface area contributed by atoms with Crippen LogP contribution < -0.4 is 5.56 Å². The van der Waals surface area contributed by atoms with Gasteiger partial charge in [0.25, 0.3) is 5.56 Å². The van der Waals surface area contributed by atoms with E-state index in [1.807, 2.05) is 31.2 Å². The van der Waals surface area contributed by atoms with Crippen LogP contribution in [0.1, 0.15) is 34.9 Å². The van der Waals surface area contributed by atoms with Crippen molar-refractivity contribution >= 4 is 11.2 Å². The molecule has 4 aromatic rings. The molecule has 0 amide bonds. The first-order valence-corrected chi connectivity index (χ1v) is 11.1. The maximum Gasteiger partial charge on any atom is 0.280 e. The molecule has 9 nitrogen and oxygen atoms in total. The molecule has 0 bridgehead atoms. The van der Waals surface area contributed by atoms with E-state index in [-0.39, 0.29) is 18.0 Å². The fourth-order valence-electron chi connectivity index (χ4n) is 5.05. The molecular formula is C23H24FN7O2. The average molecular weight is 449 g/mol. The lowest BCUT2D eigenvalue weighted by Crippen LogP contribution is -2.28. The zero-order valence-electron chi connectivity index (χ0n) is 18.4. The van der Waals surface area contributed by atoms with Gasteiger partial charge in [0.15, 0.2) is 17.0 Å². The van der Waals surface area contributed by atoms with Crippen LogP contribution in [0.15, 0.2) is 46.2 Å². The largest absolute Gasteiger partial charge is 0.337 e. The summed E-state index contributed by atoms with van der Waals surface area (Å²) in [5.41, 5.74) is 2.51. The fourth-order valence-corrected chi connectivity index (χ4v) is 5.05. The summed E-state index contributed by atoms with van der Waals surface area (Å²) in [5.74, 6) is 2.15. The van der Waals surface area contributed by atoms with Crippen molar-refractivity contribution in [2.24, 2.45) is 18.9 Å². The van der Waals surface area contributed by atoms with Crippen LogP contribution in [0.25, 0.3) is 11.2 Å². The van der Waals surface area contributed by atoms with Crippen molar-refractivity contribution < 1.29 is 8.91 Å². The van der Waals surface area contributed by atoms with Crippen LogP contribution in [0.4, 0.5) is 4.39 Å². The quantitative estimate of drug-likeness (QED) is 0.445. The summed E-state index contributed by atoms with van der Waals surface area (Å²) in [6.07, 6.45) is 2.03. The first-order valence-electron chi connectivity index (χ1n) is 11.1. The van der Waals surface area contributed by atoms with Gasteiger partial charge >= 0.3 is 0 Å². The topological polar surface area (TPSA) is 94.9 Å². The first kappa shape index (κ1) is 20.2. The van der Waals surface area contributed by atoms with E-state index in [0.29, 0.717) is 41.3 Å². The molecule has 1 aliphatic carbocycles. The molecule has 0 radical (unpaired) electrons. The van der Waals surface area contributed by atoms with E-state index in [4.69, 9.17) is 4.52 Å². The number of aryl methyl sites for hydroxylation is 2. The summed E-state index contributed by atoms with van der Waals surface area (Å²) in [5, 5.41) is 4.17. The number of piperidine rings is 1. The summed E-state index contributed by atoms with van der Waals surface area (Å²) in [6, 6.07) is 7.64. The molecular weight excluding hydrogens is 425 g/mol. The third-order valence-corrected chi connectivity index (χ3v) is 6.92. The van der Waals surface area contributed by atoms with Crippen LogP contribution in [0.3, 0.4) is 0 Å². The predicted molar refractivity (Wildman–Crippen MR) is 117 cm³/mol. The number of fused-ring (bicyclic) bond motifs is 2. The summed E-state index contributed by atoms with van der Waals surface area (Å²) in [7, 11) is 1.76. The number of aromatic nitrogens is 6. The second kappa shape index (κ2) is 7.58. The van der Waals surface area contributed by atoms with Crippen molar-refractivity contribution in [1.82, 2.24) is 34.1 Å². The lowest BCUT2D eigenvalue weighted by atomic mass is 10.1. The second-order valence-corrected chi connectivity index (χ2v) is 9.20. The van der Waals surface area contributed by atoms with Crippen molar-refractivity contribution in [1.29, 1.82) is 0 Å². The molecule has 4 heterocycles. The molecule has 2 fully saturated rings. The van der Waals surface area contributed by atoms with Crippen LogP contribution in [-0.4, -0.2) is 53.8 Å². The van der Waals surface area contributed by atoms with E-state index < -0.39 is 6.17 Å². The Bertz CT molecular complexity index is 1360. The number of hydrogen-bond donors (Lipinski definition) is 0. The molecule has 1 unspecified atom stereocenters. The Morgan fingerprint density at radius 2 is 1.88 bits per heavy atom. The lowest BCUT2D eigenvalue weighted by Gasteiger charge is -2.21. The Hall–Kier alpha value is -3.40. The van der Waals surface area contributed by atoms with Gasteiger partial charge in [-0.25, -0.2) is 14.4 Å².